The van der Waals surface area contributed by atoms with Gasteiger partial charge in [-0.1, -0.05) is 19.1 Å². The minimum atomic E-state index is -0.0878. The minimum Gasteiger partial charge on any atom is -0.353 e. The highest BCUT2D eigenvalue weighted by atomic mass is 16.1. The summed E-state index contributed by atoms with van der Waals surface area (Å²) in [6, 6.07) is 7.65. The molecular formula is C19H26N4O2. The summed E-state index contributed by atoms with van der Waals surface area (Å²) < 4.78 is 1.74. The maximum Gasteiger partial charge on any atom is 0.222 e. The monoisotopic (exact) mass is 342 g/mol. The highest BCUT2D eigenvalue weighted by Crippen LogP contribution is 2.11. The first-order chi connectivity index (χ1) is 12.2. The van der Waals surface area contributed by atoms with Crippen molar-refractivity contribution in [2.45, 2.75) is 45.2 Å². The van der Waals surface area contributed by atoms with E-state index in [4.69, 9.17) is 0 Å². The summed E-state index contributed by atoms with van der Waals surface area (Å²) in [6.45, 7) is 5.94. The quantitative estimate of drug-likeness (QED) is 0.869. The Bertz CT molecular complexity index is 778. The first-order valence-corrected chi connectivity index (χ1v) is 9.14. The molecule has 0 unspecified atom stereocenters. The number of carbonyl (C=O) groups excluding carboxylic acids is 1. The highest BCUT2D eigenvalue weighted by Gasteiger charge is 2.20. The Hall–Kier alpha value is -2.21. The van der Waals surface area contributed by atoms with Crippen LogP contribution in [0.4, 0.5) is 0 Å². The van der Waals surface area contributed by atoms with Crippen molar-refractivity contribution in [2.24, 2.45) is 0 Å². The Kier molecular flexibility index (Phi) is 5.81. The zero-order chi connectivity index (χ0) is 17.6. The third-order valence-corrected chi connectivity index (χ3v) is 4.81. The molecule has 1 saturated heterocycles. The summed E-state index contributed by atoms with van der Waals surface area (Å²) in [5.74, 6) is 0.0542. The largest absolute Gasteiger partial charge is 0.353 e. The molecule has 6 nitrogen and oxygen atoms in total. The van der Waals surface area contributed by atoms with E-state index in [0.717, 1.165) is 38.0 Å². The number of benzene rings is 1. The van der Waals surface area contributed by atoms with Crippen LogP contribution in [0.15, 0.2) is 35.3 Å². The Morgan fingerprint density at radius 3 is 2.76 bits per heavy atom. The number of hydrogen-bond donors (Lipinski definition) is 1. The van der Waals surface area contributed by atoms with Crippen LogP contribution in [0.25, 0.3) is 10.9 Å². The molecule has 0 atom stereocenters. The number of para-hydroxylation sites is 1. The van der Waals surface area contributed by atoms with Crippen molar-refractivity contribution in [3.63, 3.8) is 0 Å². The topological polar surface area (TPSA) is 67.2 Å². The molecule has 6 heteroatoms. The van der Waals surface area contributed by atoms with Gasteiger partial charge in [-0.2, -0.15) is 5.10 Å². The van der Waals surface area contributed by atoms with Crippen LogP contribution in [0, 0.1) is 0 Å². The lowest BCUT2D eigenvalue weighted by atomic mass is 10.0. The van der Waals surface area contributed by atoms with Crippen LogP contribution in [0.5, 0.6) is 0 Å². The van der Waals surface area contributed by atoms with Gasteiger partial charge >= 0.3 is 0 Å². The molecule has 0 bridgehead atoms. The average Bonchev–Trinajstić information content (AvgIpc) is 2.63. The van der Waals surface area contributed by atoms with E-state index in [-0.39, 0.29) is 17.4 Å². The van der Waals surface area contributed by atoms with Gasteiger partial charge in [-0.15, -0.1) is 0 Å². The third-order valence-electron chi connectivity index (χ3n) is 4.81. The first-order valence-electron chi connectivity index (χ1n) is 9.14. The fourth-order valence-electron chi connectivity index (χ4n) is 3.46. The standard InChI is InChI=1S/C19H26N4O2/c1-2-10-22-11-7-15(8-12-22)21-19(25)9-13-23-17-6-4-3-5-16(17)18(24)14-20-23/h3-6,14-15H,2,7-13H2,1H3,(H,21,25). The molecule has 1 amide bonds. The van der Waals surface area contributed by atoms with E-state index in [1.54, 1.807) is 10.7 Å². The van der Waals surface area contributed by atoms with Crippen molar-refractivity contribution < 1.29 is 4.79 Å². The number of carbonyl (C=O) groups is 1. The maximum absolute atomic E-state index is 12.3. The Balaban J connectivity index is 1.53. The van der Waals surface area contributed by atoms with Gasteiger partial charge in [0.15, 0.2) is 0 Å². The summed E-state index contributed by atoms with van der Waals surface area (Å²) in [5, 5.41) is 7.96. The molecule has 0 aliphatic carbocycles. The molecule has 0 spiro atoms. The van der Waals surface area contributed by atoms with Crippen molar-refractivity contribution in [1.82, 2.24) is 20.0 Å². The van der Waals surface area contributed by atoms with E-state index in [9.17, 15) is 9.59 Å². The molecule has 1 N–H and O–H groups in total. The number of piperidine rings is 1. The van der Waals surface area contributed by atoms with Crippen LogP contribution in [-0.4, -0.2) is 46.3 Å². The van der Waals surface area contributed by atoms with Crippen LogP contribution in [0.1, 0.15) is 32.6 Å². The summed E-state index contributed by atoms with van der Waals surface area (Å²) in [6.07, 6.45) is 4.91. The van der Waals surface area contributed by atoms with Gasteiger partial charge in [0, 0.05) is 30.9 Å². The van der Waals surface area contributed by atoms with Crippen LogP contribution < -0.4 is 10.7 Å². The first kappa shape index (κ1) is 17.6. The molecule has 0 radical (unpaired) electrons. The molecule has 1 aromatic carbocycles. The van der Waals surface area contributed by atoms with Gasteiger partial charge in [-0.3, -0.25) is 14.3 Å². The van der Waals surface area contributed by atoms with Gasteiger partial charge in [0.1, 0.15) is 0 Å². The number of hydrogen-bond acceptors (Lipinski definition) is 4. The lowest BCUT2D eigenvalue weighted by Gasteiger charge is -2.32. The van der Waals surface area contributed by atoms with Gasteiger partial charge in [-0.05, 0) is 37.9 Å². The number of aryl methyl sites for hydroxylation is 1. The Labute approximate surface area is 147 Å². The third kappa shape index (κ3) is 4.45. The van der Waals surface area contributed by atoms with Crippen molar-refractivity contribution >= 4 is 16.8 Å². The van der Waals surface area contributed by atoms with Crippen LogP contribution in [-0.2, 0) is 11.3 Å². The van der Waals surface area contributed by atoms with Crippen molar-refractivity contribution in [3.8, 4) is 0 Å². The molecular weight excluding hydrogens is 316 g/mol. The molecule has 1 aliphatic heterocycles. The zero-order valence-corrected chi connectivity index (χ0v) is 14.8. The number of nitrogens with one attached hydrogen (secondary N) is 1. The summed E-state index contributed by atoms with van der Waals surface area (Å²) >= 11 is 0. The normalized spacial score (nSPS) is 16.2. The SMILES string of the molecule is CCCN1CCC(NC(=O)CCn2ncc(=O)c3ccccc32)CC1. The number of fused-ring (bicyclic) bond motifs is 1. The van der Waals surface area contributed by atoms with Gasteiger partial charge in [0.05, 0.1) is 18.3 Å². The predicted octanol–water partition coefficient (Wildman–Crippen LogP) is 1.78. The van der Waals surface area contributed by atoms with E-state index >= 15 is 0 Å². The number of amides is 1. The zero-order valence-electron chi connectivity index (χ0n) is 14.8. The molecule has 3 rings (SSSR count). The smallest absolute Gasteiger partial charge is 0.222 e. The maximum atomic E-state index is 12.3. The van der Waals surface area contributed by atoms with Crippen molar-refractivity contribution in [3.05, 3.63) is 40.7 Å². The highest BCUT2D eigenvalue weighted by molar-refractivity contribution is 5.79. The second kappa shape index (κ2) is 8.25. The number of nitrogens with zero attached hydrogens (tertiary/aromatic N) is 3. The van der Waals surface area contributed by atoms with Gasteiger partial charge in [0.25, 0.3) is 0 Å². The van der Waals surface area contributed by atoms with Crippen LogP contribution in [0.3, 0.4) is 0 Å². The van der Waals surface area contributed by atoms with Gasteiger partial charge < -0.3 is 10.2 Å². The van der Waals surface area contributed by atoms with E-state index in [2.05, 4.69) is 22.2 Å². The molecule has 2 heterocycles. The average molecular weight is 342 g/mol. The lowest BCUT2D eigenvalue weighted by molar-refractivity contribution is -0.122. The predicted molar refractivity (Wildman–Crippen MR) is 98.5 cm³/mol. The molecule has 2 aromatic rings. The van der Waals surface area contributed by atoms with E-state index in [1.165, 1.54) is 12.6 Å². The van der Waals surface area contributed by atoms with Gasteiger partial charge in [-0.25, -0.2) is 0 Å². The summed E-state index contributed by atoms with van der Waals surface area (Å²) in [5.41, 5.74) is 0.686. The Morgan fingerprint density at radius 1 is 1.24 bits per heavy atom. The second-order valence-corrected chi connectivity index (χ2v) is 6.68. The van der Waals surface area contributed by atoms with Crippen molar-refractivity contribution in [2.75, 3.05) is 19.6 Å². The lowest BCUT2D eigenvalue weighted by Crippen LogP contribution is -2.44. The van der Waals surface area contributed by atoms with Crippen LogP contribution >= 0.6 is 0 Å². The second-order valence-electron chi connectivity index (χ2n) is 6.68. The number of rotatable bonds is 6. The minimum absolute atomic E-state index is 0.0542. The number of likely N-dealkylation sites (tertiary alicyclic amines) is 1. The number of aromatic nitrogens is 2. The van der Waals surface area contributed by atoms with Crippen LogP contribution in [0.2, 0.25) is 0 Å². The van der Waals surface area contributed by atoms with E-state index in [0.29, 0.717) is 18.4 Å². The summed E-state index contributed by atoms with van der Waals surface area (Å²) in [4.78, 5) is 26.6. The fraction of sp³-hybridized carbons (Fsp3) is 0.526. The van der Waals surface area contributed by atoms with Crippen molar-refractivity contribution in [1.29, 1.82) is 0 Å². The van der Waals surface area contributed by atoms with E-state index < -0.39 is 0 Å². The molecule has 1 aliphatic rings. The molecule has 1 aromatic heterocycles. The van der Waals surface area contributed by atoms with E-state index in [1.807, 2.05) is 18.2 Å². The molecule has 0 saturated carbocycles. The molecule has 25 heavy (non-hydrogen) atoms. The molecule has 1 fully saturated rings. The summed E-state index contributed by atoms with van der Waals surface area (Å²) in [7, 11) is 0. The fourth-order valence-corrected chi connectivity index (χ4v) is 3.46. The Morgan fingerprint density at radius 2 is 2.00 bits per heavy atom. The molecule has 134 valence electrons. The van der Waals surface area contributed by atoms with Gasteiger partial charge in [0.2, 0.25) is 11.3 Å².